The van der Waals surface area contributed by atoms with Crippen LogP contribution in [0.1, 0.15) is 5.76 Å². The van der Waals surface area contributed by atoms with E-state index in [2.05, 4.69) is 4.90 Å². The second-order valence-corrected chi connectivity index (χ2v) is 7.26. The topological polar surface area (TPSA) is 104 Å². The van der Waals surface area contributed by atoms with E-state index in [0.29, 0.717) is 37.5 Å². The third-order valence-corrected chi connectivity index (χ3v) is 5.32. The normalized spacial score (nSPS) is 14.2. The number of piperazine rings is 1. The van der Waals surface area contributed by atoms with Gasteiger partial charge in [-0.3, -0.25) is 14.9 Å². The van der Waals surface area contributed by atoms with Crippen molar-refractivity contribution in [3.05, 3.63) is 88.2 Å². The van der Waals surface area contributed by atoms with Crippen LogP contribution in [0.2, 0.25) is 0 Å². The van der Waals surface area contributed by atoms with Gasteiger partial charge in [0.15, 0.2) is 0 Å². The maximum atomic E-state index is 12.9. The number of nitriles is 1. The van der Waals surface area contributed by atoms with Gasteiger partial charge in [0.1, 0.15) is 23.2 Å². The van der Waals surface area contributed by atoms with Crippen LogP contribution in [0.25, 0.3) is 17.4 Å². The van der Waals surface area contributed by atoms with Gasteiger partial charge in [0.05, 0.1) is 10.5 Å². The third-order valence-electron chi connectivity index (χ3n) is 5.32. The van der Waals surface area contributed by atoms with Crippen LogP contribution in [-0.2, 0) is 4.79 Å². The Bertz CT molecular complexity index is 1200. The second-order valence-electron chi connectivity index (χ2n) is 7.26. The summed E-state index contributed by atoms with van der Waals surface area (Å²) in [6, 6.07) is 21.4. The van der Waals surface area contributed by atoms with E-state index in [4.69, 9.17) is 4.42 Å². The molecular weight excluding hydrogens is 408 g/mol. The van der Waals surface area contributed by atoms with Gasteiger partial charge in [-0.2, -0.15) is 5.26 Å². The maximum Gasteiger partial charge on any atom is 0.280 e. The molecule has 0 aliphatic carbocycles. The van der Waals surface area contributed by atoms with Gasteiger partial charge in [-0.15, -0.1) is 0 Å². The number of benzene rings is 2. The lowest BCUT2D eigenvalue weighted by molar-refractivity contribution is -0.384. The molecule has 0 radical (unpaired) electrons. The van der Waals surface area contributed by atoms with Gasteiger partial charge in [0, 0.05) is 44.0 Å². The molecule has 160 valence electrons. The lowest BCUT2D eigenvalue weighted by Crippen LogP contribution is -2.49. The van der Waals surface area contributed by atoms with E-state index in [9.17, 15) is 20.2 Å². The molecule has 1 amide bonds. The second kappa shape index (κ2) is 9.18. The molecule has 1 fully saturated rings. The molecule has 1 aromatic heterocycles. The fraction of sp³-hybridized carbons (Fsp3) is 0.167. The highest BCUT2D eigenvalue weighted by atomic mass is 16.6. The summed E-state index contributed by atoms with van der Waals surface area (Å²) in [5.74, 6) is 0.222. The highest BCUT2D eigenvalue weighted by molar-refractivity contribution is 6.01. The lowest BCUT2D eigenvalue weighted by Gasteiger charge is -2.36. The number of nitro groups is 1. The maximum absolute atomic E-state index is 12.9. The number of furan rings is 1. The number of hydrogen-bond donors (Lipinski definition) is 0. The minimum absolute atomic E-state index is 0.0402. The molecule has 1 aliphatic rings. The molecule has 0 saturated carbocycles. The Morgan fingerprint density at radius 2 is 1.69 bits per heavy atom. The molecule has 1 saturated heterocycles. The first-order valence-electron chi connectivity index (χ1n) is 10.1. The van der Waals surface area contributed by atoms with Crippen LogP contribution < -0.4 is 4.90 Å². The molecule has 0 N–H and O–H groups in total. The number of carbonyl (C=O) groups is 1. The smallest absolute Gasteiger partial charge is 0.280 e. The Kier molecular flexibility index (Phi) is 5.99. The number of hydrogen-bond acceptors (Lipinski definition) is 6. The van der Waals surface area contributed by atoms with Gasteiger partial charge in [0.25, 0.3) is 11.6 Å². The van der Waals surface area contributed by atoms with E-state index in [1.165, 1.54) is 12.1 Å². The van der Waals surface area contributed by atoms with Gasteiger partial charge >= 0.3 is 0 Å². The zero-order chi connectivity index (χ0) is 22.5. The molecule has 0 atom stereocenters. The fourth-order valence-corrected chi connectivity index (χ4v) is 3.68. The Labute approximate surface area is 184 Å². The molecular formula is C24H20N4O4. The number of nitrogens with zero attached hydrogens (tertiary/aromatic N) is 4. The summed E-state index contributed by atoms with van der Waals surface area (Å²) in [5.41, 5.74) is 1.32. The minimum Gasteiger partial charge on any atom is -0.456 e. The molecule has 0 unspecified atom stereocenters. The molecule has 4 rings (SSSR count). The van der Waals surface area contributed by atoms with Crippen molar-refractivity contribution in [2.75, 3.05) is 31.1 Å². The standard InChI is InChI=1S/C24H20N4O4/c25-17-18(24(29)27-14-12-26(13-15-27)19-6-2-1-3-7-19)16-20-10-11-23(32-20)21-8-4-5-9-22(21)28(30)31/h1-11,16H,12-15H2/b18-16+. The zero-order valence-electron chi connectivity index (χ0n) is 17.2. The van der Waals surface area contributed by atoms with E-state index in [1.54, 1.807) is 35.2 Å². The van der Waals surface area contributed by atoms with Crippen molar-refractivity contribution in [3.8, 4) is 17.4 Å². The van der Waals surface area contributed by atoms with Crippen LogP contribution in [0.4, 0.5) is 11.4 Å². The number of anilines is 1. The summed E-state index contributed by atoms with van der Waals surface area (Å²) in [5, 5.41) is 20.8. The van der Waals surface area contributed by atoms with Crippen molar-refractivity contribution in [2.45, 2.75) is 0 Å². The van der Waals surface area contributed by atoms with Crippen molar-refractivity contribution in [3.63, 3.8) is 0 Å². The average Bonchev–Trinajstić information content (AvgIpc) is 3.31. The summed E-state index contributed by atoms with van der Waals surface area (Å²) in [6.07, 6.45) is 1.38. The van der Waals surface area contributed by atoms with Crippen molar-refractivity contribution >= 4 is 23.4 Å². The molecule has 0 spiro atoms. The highest BCUT2D eigenvalue weighted by Gasteiger charge is 2.24. The first kappa shape index (κ1) is 20.9. The van der Waals surface area contributed by atoms with Crippen LogP contribution in [0.5, 0.6) is 0 Å². The van der Waals surface area contributed by atoms with Crippen LogP contribution in [-0.4, -0.2) is 41.9 Å². The first-order valence-corrected chi connectivity index (χ1v) is 10.1. The Balaban J connectivity index is 1.48. The van der Waals surface area contributed by atoms with Crippen LogP contribution in [0, 0.1) is 21.4 Å². The number of rotatable bonds is 5. The van der Waals surface area contributed by atoms with Gasteiger partial charge in [0.2, 0.25) is 0 Å². The monoisotopic (exact) mass is 428 g/mol. The highest BCUT2D eigenvalue weighted by Crippen LogP contribution is 2.31. The third kappa shape index (κ3) is 4.37. The first-order chi connectivity index (χ1) is 15.6. The van der Waals surface area contributed by atoms with Crippen LogP contribution in [0.15, 0.2) is 76.7 Å². The molecule has 32 heavy (non-hydrogen) atoms. The molecule has 2 aromatic carbocycles. The molecule has 3 aromatic rings. The van der Waals surface area contributed by atoms with Crippen molar-refractivity contribution < 1.29 is 14.1 Å². The minimum atomic E-state index is -0.479. The van der Waals surface area contributed by atoms with Gasteiger partial charge in [-0.1, -0.05) is 30.3 Å². The Morgan fingerprint density at radius 3 is 2.38 bits per heavy atom. The predicted molar refractivity (Wildman–Crippen MR) is 120 cm³/mol. The average molecular weight is 428 g/mol. The summed E-state index contributed by atoms with van der Waals surface area (Å²) in [7, 11) is 0. The van der Waals surface area contributed by atoms with E-state index < -0.39 is 4.92 Å². The molecule has 0 bridgehead atoms. The molecule has 8 heteroatoms. The summed E-state index contributed by atoms with van der Waals surface area (Å²) >= 11 is 0. The van der Waals surface area contributed by atoms with E-state index in [1.807, 2.05) is 36.4 Å². The van der Waals surface area contributed by atoms with E-state index in [-0.39, 0.29) is 22.9 Å². The fourth-order valence-electron chi connectivity index (χ4n) is 3.68. The van der Waals surface area contributed by atoms with Gasteiger partial charge in [-0.25, -0.2) is 0 Å². The quantitative estimate of drug-likeness (QED) is 0.262. The van der Waals surface area contributed by atoms with E-state index in [0.717, 1.165) is 5.69 Å². The lowest BCUT2D eigenvalue weighted by atomic mass is 10.1. The predicted octanol–water partition coefficient (Wildman–Crippen LogP) is 4.11. The van der Waals surface area contributed by atoms with Crippen molar-refractivity contribution in [1.82, 2.24) is 4.90 Å². The number of carbonyl (C=O) groups excluding carboxylic acids is 1. The summed E-state index contributed by atoms with van der Waals surface area (Å²) < 4.78 is 5.69. The molecule has 8 nitrogen and oxygen atoms in total. The Morgan fingerprint density at radius 1 is 1.00 bits per heavy atom. The van der Waals surface area contributed by atoms with Gasteiger partial charge in [-0.05, 0) is 30.3 Å². The SMILES string of the molecule is N#C/C(=C\c1ccc(-c2ccccc2[N+](=O)[O-])o1)C(=O)N1CCN(c2ccccc2)CC1. The van der Waals surface area contributed by atoms with Crippen LogP contribution >= 0.6 is 0 Å². The summed E-state index contributed by atoms with van der Waals surface area (Å²) in [6.45, 7) is 2.37. The Hall–Kier alpha value is -4.38. The van der Waals surface area contributed by atoms with E-state index >= 15 is 0 Å². The summed E-state index contributed by atoms with van der Waals surface area (Å²) in [4.78, 5) is 27.5. The van der Waals surface area contributed by atoms with Crippen molar-refractivity contribution in [2.24, 2.45) is 0 Å². The molecule has 2 heterocycles. The number of nitro benzene ring substituents is 1. The van der Waals surface area contributed by atoms with Crippen molar-refractivity contribution in [1.29, 1.82) is 5.26 Å². The number of amides is 1. The largest absolute Gasteiger partial charge is 0.456 e. The zero-order valence-corrected chi connectivity index (χ0v) is 17.2. The number of para-hydroxylation sites is 2. The van der Waals surface area contributed by atoms with Crippen LogP contribution in [0.3, 0.4) is 0 Å². The molecule has 1 aliphatic heterocycles. The van der Waals surface area contributed by atoms with Gasteiger partial charge < -0.3 is 14.2 Å².